The monoisotopic (exact) mass is 387 g/mol. The minimum atomic E-state index is -3.37. The molecule has 0 saturated heterocycles. The molecule has 4 rings (SSSR count). The molecular formula is C22H17N3O2S. The van der Waals surface area contributed by atoms with Crippen LogP contribution in [-0.4, -0.2) is 24.2 Å². The summed E-state index contributed by atoms with van der Waals surface area (Å²) in [4.78, 5) is 4.77. The van der Waals surface area contributed by atoms with E-state index in [4.69, 9.17) is 0 Å². The van der Waals surface area contributed by atoms with Crippen LogP contribution in [0.5, 0.6) is 0 Å². The van der Waals surface area contributed by atoms with Crippen LogP contribution >= 0.6 is 0 Å². The Balaban J connectivity index is 2.10. The first-order valence-electron chi connectivity index (χ1n) is 8.67. The number of hydrogen-bond donors (Lipinski definition) is 0. The summed E-state index contributed by atoms with van der Waals surface area (Å²) in [5.74, 6) is 0. The maximum Gasteiger partial charge on any atom is 0.175 e. The summed E-state index contributed by atoms with van der Waals surface area (Å²) in [7, 11) is -3.37. The van der Waals surface area contributed by atoms with Gasteiger partial charge in [0, 0.05) is 17.5 Å². The first-order chi connectivity index (χ1) is 13.4. The van der Waals surface area contributed by atoms with Gasteiger partial charge in [-0.1, -0.05) is 30.3 Å². The summed E-state index contributed by atoms with van der Waals surface area (Å²) in [5.41, 5.74) is 5.13. The third-order valence-corrected chi connectivity index (χ3v) is 6.02. The zero-order valence-corrected chi connectivity index (χ0v) is 16.2. The highest BCUT2D eigenvalue weighted by Gasteiger charge is 2.18. The van der Waals surface area contributed by atoms with Crippen molar-refractivity contribution in [2.24, 2.45) is 0 Å². The van der Waals surface area contributed by atoms with Crippen molar-refractivity contribution >= 4 is 20.9 Å². The smallest absolute Gasteiger partial charge is 0.175 e. The number of hydrogen-bond acceptors (Lipinski definition) is 4. The molecule has 0 fully saturated rings. The van der Waals surface area contributed by atoms with Crippen LogP contribution in [0.15, 0.2) is 71.9 Å². The van der Waals surface area contributed by atoms with E-state index in [-0.39, 0.29) is 4.90 Å². The molecule has 0 bridgehead atoms. The van der Waals surface area contributed by atoms with Gasteiger partial charge in [0.05, 0.1) is 27.6 Å². The van der Waals surface area contributed by atoms with Crippen molar-refractivity contribution in [3.05, 3.63) is 78.1 Å². The summed E-state index contributed by atoms with van der Waals surface area (Å²) >= 11 is 0. The van der Waals surface area contributed by atoms with E-state index >= 15 is 0 Å². The number of benzene rings is 3. The maximum absolute atomic E-state index is 12.2. The summed E-state index contributed by atoms with van der Waals surface area (Å²) in [6.07, 6.45) is 2.93. The summed E-state index contributed by atoms with van der Waals surface area (Å²) in [6, 6.07) is 20.7. The highest BCUT2D eigenvalue weighted by atomic mass is 32.2. The van der Waals surface area contributed by atoms with Crippen LogP contribution in [-0.2, 0) is 9.84 Å². The summed E-state index contributed by atoms with van der Waals surface area (Å²) < 4.78 is 26.3. The number of nitriles is 1. The van der Waals surface area contributed by atoms with Crippen LogP contribution in [0.4, 0.5) is 0 Å². The van der Waals surface area contributed by atoms with Crippen LogP contribution < -0.4 is 0 Å². The van der Waals surface area contributed by atoms with E-state index in [9.17, 15) is 13.7 Å². The van der Waals surface area contributed by atoms with E-state index < -0.39 is 9.84 Å². The molecule has 0 atom stereocenters. The Hall–Kier alpha value is -3.43. The minimum absolute atomic E-state index is 0.284. The van der Waals surface area contributed by atoms with Crippen molar-refractivity contribution in [1.82, 2.24) is 9.55 Å². The maximum atomic E-state index is 12.2. The van der Waals surface area contributed by atoms with Gasteiger partial charge in [-0.05, 0) is 48.4 Å². The van der Waals surface area contributed by atoms with E-state index in [1.807, 2.05) is 41.0 Å². The van der Waals surface area contributed by atoms with Gasteiger partial charge in [0.2, 0.25) is 0 Å². The number of para-hydroxylation sites is 1. The van der Waals surface area contributed by atoms with Gasteiger partial charge < -0.3 is 0 Å². The first-order valence-corrected chi connectivity index (χ1v) is 10.6. The van der Waals surface area contributed by atoms with Gasteiger partial charge in [0.1, 0.15) is 6.33 Å². The molecule has 0 amide bonds. The Morgan fingerprint density at radius 3 is 2.43 bits per heavy atom. The SMILES string of the molecule is Cc1c(-c2cc(C#N)cc3ncn(-c4ccccc4)c23)cccc1S(C)(=O)=O. The first kappa shape index (κ1) is 18.0. The Morgan fingerprint density at radius 2 is 1.75 bits per heavy atom. The van der Waals surface area contributed by atoms with Gasteiger partial charge in [0.15, 0.2) is 9.84 Å². The van der Waals surface area contributed by atoms with Crippen LogP contribution in [0.3, 0.4) is 0 Å². The van der Waals surface area contributed by atoms with Crippen molar-refractivity contribution < 1.29 is 8.42 Å². The van der Waals surface area contributed by atoms with Crippen molar-refractivity contribution in [1.29, 1.82) is 5.26 Å². The lowest BCUT2D eigenvalue weighted by Gasteiger charge is -2.14. The fourth-order valence-corrected chi connectivity index (χ4v) is 4.50. The molecule has 0 radical (unpaired) electrons. The minimum Gasteiger partial charge on any atom is -0.298 e. The zero-order chi connectivity index (χ0) is 19.9. The fourth-order valence-electron chi connectivity index (χ4n) is 3.51. The lowest BCUT2D eigenvalue weighted by atomic mass is 9.97. The molecule has 4 aromatic rings. The topological polar surface area (TPSA) is 75.8 Å². The lowest BCUT2D eigenvalue weighted by Crippen LogP contribution is -2.02. The van der Waals surface area contributed by atoms with Gasteiger partial charge in [-0.25, -0.2) is 13.4 Å². The number of sulfone groups is 1. The lowest BCUT2D eigenvalue weighted by molar-refractivity contribution is 0.601. The summed E-state index contributed by atoms with van der Waals surface area (Å²) in [5, 5.41) is 9.46. The average molecular weight is 387 g/mol. The second kappa shape index (κ2) is 6.63. The largest absolute Gasteiger partial charge is 0.298 e. The van der Waals surface area contributed by atoms with Crippen LogP contribution in [0.1, 0.15) is 11.1 Å². The van der Waals surface area contributed by atoms with E-state index in [0.29, 0.717) is 16.6 Å². The number of rotatable bonds is 3. The molecule has 6 heteroatoms. The Morgan fingerprint density at radius 1 is 1.00 bits per heavy atom. The molecule has 28 heavy (non-hydrogen) atoms. The fraction of sp³-hybridized carbons (Fsp3) is 0.0909. The van der Waals surface area contributed by atoms with Gasteiger partial charge >= 0.3 is 0 Å². The predicted octanol–water partition coefficient (Wildman–Crippen LogP) is 4.28. The van der Waals surface area contributed by atoms with Gasteiger partial charge in [-0.3, -0.25) is 4.57 Å². The van der Waals surface area contributed by atoms with Gasteiger partial charge in [-0.15, -0.1) is 0 Å². The third-order valence-electron chi connectivity index (χ3n) is 4.78. The normalized spacial score (nSPS) is 11.5. The Bertz CT molecular complexity index is 1350. The number of fused-ring (bicyclic) bond motifs is 1. The molecule has 1 heterocycles. The molecule has 0 spiro atoms. The van der Waals surface area contributed by atoms with Crippen molar-refractivity contribution in [3.8, 4) is 22.9 Å². The van der Waals surface area contributed by atoms with Gasteiger partial charge in [-0.2, -0.15) is 5.26 Å². The van der Waals surface area contributed by atoms with Crippen molar-refractivity contribution in [3.63, 3.8) is 0 Å². The predicted molar refractivity (Wildman–Crippen MR) is 109 cm³/mol. The second-order valence-corrected chi connectivity index (χ2v) is 8.64. The molecule has 3 aromatic carbocycles. The van der Waals surface area contributed by atoms with Crippen molar-refractivity contribution in [2.45, 2.75) is 11.8 Å². The quantitative estimate of drug-likeness (QED) is 0.526. The van der Waals surface area contributed by atoms with Crippen LogP contribution in [0, 0.1) is 18.3 Å². The molecule has 1 aromatic heterocycles. The second-order valence-electron chi connectivity index (χ2n) is 6.65. The highest BCUT2D eigenvalue weighted by Crippen LogP contribution is 2.35. The Labute approximate surface area is 163 Å². The number of aromatic nitrogens is 2. The van der Waals surface area contributed by atoms with E-state index in [0.717, 1.165) is 22.3 Å². The molecule has 0 aliphatic carbocycles. The summed E-state index contributed by atoms with van der Waals surface area (Å²) in [6.45, 7) is 1.79. The van der Waals surface area contributed by atoms with E-state index in [1.165, 1.54) is 6.26 Å². The average Bonchev–Trinajstić information content (AvgIpc) is 3.11. The van der Waals surface area contributed by atoms with Crippen LogP contribution in [0.25, 0.3) is 27.8 Å². The third kappa shape index (κ3) is 2.96. The number of imidazole rings is 1. The standard InChI is InChI=1S/C22H17N3O2S/c1-15-18(9-6-10-21(15)28(2,26)27)19-11-16(13-23)12-20-22(19)25(14-24-20)17-7-4-3-5-8-17/h3-12,14H,1-2H3. The van der Waals surface area contributed by atoms with E-state index in [2.05, 4.69) is 11.1 Å². The molecule has 0 saturated carbocycles. The Kier molecular flexibility index (Phi) is 4.25. The highest BCUT2D eigenvalue weighted by molar-refractivity contribution is 7.90. The molecule has 138 valence electrons. The molecular weight excluding hydrogens is 370 g/mol. The molecule has 5 nitrogen and oxygen atoms in total. The molecule has 0 N–H and O–H groups in total. The molecule has 0 aliphatic rings. The molecule has 0 aliphatic heterocycles. The molecule has 0 unspecified atom stereocenters. The number of nitrogens with zero attached hydrogens (tertiary/aromatic N) is 3. The van der Waals surface area contributed by atoms with Crippen molar-refractivity contribution in [2.75, 3.05) is 6.26 Å². The van der Waals surface area contributed by atoms with Crippen LogP contribution in [0.2, 0.25) is 0 Å². The zero-order valence-electron chi connectivity index (χ0n) is 15.4. The van der Waals surface area contributed by atoms with E-state index in [1.54, 1.807) is 37.5 Å². The van der Waals surface area contributed by atoms with Gasteiger partial charge in [0.25, 0.3) is 0 Å².